The zero-order chi connectivity index (χ0) is 15.1. The average Bonchev–Trinajstić information content (AvgIpc) is 2.23. The first-order chi connectivity index (χ1) is 8.62. The number of nitrogens with zero attached hydrogens (tertiary/aromatic N) is 1. The third-order valence-electron chi connectivity index (χ3n) is 4.02. The van der Waals surface area contributed by atoms with Gasteiger partial charge in [0.05, 0.1) is 0 Å². The van der Waals surface area contributed by atoms with Crippen LogP contribution >= 0.6 is 0 Å². The van der Waals surface area contributed by atoms with E-state index in [1.165, 1.54) is 12.8 Å². The zero-order valence-electron chi connectivity index (χ0n) is 14.1. The average molecular weight is 268 g/mol. The van der Waals surface area contributed by atoms with Gasteiger partial charge in [0.15, 0.2) is 0 Å². The van der Waals surface area contributed by atoms with Crippen LogP contribution in [0.2, 0.25) is 0 Å². The summed E-state index contributed by atoms with van der Waals surface area (Å²) >= 11 is 0. The lowest BCUT2D eigenvalue weighted by Crippen LogP contribution is -2.42. The van der Waals surface area contributed by atoms with Gasteiger partial charge in [-0.15, -0.1) is 6.58 Å². The summed E-state index contributed by atoms with van der Waals surface area (Å²) in [6.45, 7) is 20.6. The Labute approximate surface area is 121 Å². The fraction of sp³-hybridized carbons (Fsp3) is 0.882. The van der Waals surface area contributed by atoms with Crippen molar-refractivity contribution < 1.29 is 0 Å². The molecule has 0 aromatic carbocycles. The Kier molecular flexibility index (Phi) is 7.92. The number of hydrogen-bond acceptors (Lipinski definition) is 2. The van der Waals surface area contributed by atoms with E-state index in [-0.39, 0.29) is 5.54 Å². The second-order valence-electron chi connectivity index (χ2n) is 7.69. The molecule has 0 radical (unpaired) electrons. The molecule has 0 fully saturated rings. The van der Waals surface area contributed by atoms with Gasteiger partial charge >= 0.3 is 0 Å². The highest BCUT2D eigenvalue weighted by Crippen LogP contribution is 2.32. The second kappa shape index (κ2) is 8.06. The molecule has 0 aliphatic rings. The van der Waals surface area contributed by atoms with Gasteiger partial charge in [-0.05, 0) is 64.5 Å². The summed E-state index contributed by atoms with van der Waals surface area (Å²) in [5, 5.41) is 0. The van der Waals surface area contributed by atoms with Gasteiger partial charge in [0.1, 0.15) is 0 Å². The first-order valence-corrected chi connectivity index (χ1v) is 7.69. The Morgan fingerprint density at radius 3 is 2.05 bits per heavy atom. The molecule has 0 aromatic rings. The van der Waals surface area contributed by atoms with Crippen LogP contribution in [0.1, 0.15) is 60.8 Å². The van der Waals surface area contributed by atoms with Crippen molar-refractivity contribution in [1.29, 1.82) is 0 Å². The molecule has 0 heterocycles. The maximum absolute atomic E-state index is 5.75. The fourth-order valence-corrected chi connectivity index (χ4v) is 2.60. The molecule has 0 amide bonds. The van der Waals surface area contributed by atoms with Crippen LogP contribution in [0, 0.1) is 11.3 Å². The molecule has 0 aliphatic carbocycles. The van der Waals surface area contributed by atoms with E-state index in [9.17, 15) is 0 Å². The number of hydrogen-bond donors (Lipinski definition) is 1. The molecule has 114 valence electrons. The molecule has 0 spiro atoms. The first-order valence-electron chi connectivity index (χ1n) is 7.69. The molecule has 2 N–H and O–H groups in total. The van der Waals surface area contributed by atoms with Gasteiger partial charge in [-0.2, -0.15) is 0 Å². The molecule has 0 saturated carbocycles. The molecule has 0 aliphatic heterocycles. The lowest BCUT2D eigenvalue weighted by molar-refractivity contribution is 0.137. The molecule has 2 nitrogen and oxygen atoms in total. The Hall–Kier alpha value is -0.340. The minimum atomic E-state index is 0.222. The Morgan fingerprint density at radius 1 is 1.11 bits per heavy atom. The minimum absolute atomic E-state index is 0.222. The third kappa shape index (κ3) is 7.74. The van der Waals surface area contributed by atoms with E-state index in [2.05, 4.69) is 53.0 Å². The van der Waals surface area contributed by atoms with Crippen LogP contribution in [-0.4, -0.2) is 30.1 Å². The molecular formula is C17H36N2. The highest BCUT2D eigenvalue weighted by molar-refractivity contribution is 4.83. The largest absolute Gasteiger partial charge is 0.330 e. The van der Waals surface area contributed by atoms with Crippen LogP contribution in [-0.2, 0) is 0 Å². The molecule has 1 unspecified atom stereocenters. The highest BCUT2D eigenvalue weighted by atomic mass is 15.2. The molecule has 1 atom stereocenters. The van der Waals surface area contributed by atoms with Crippen LogP contribution in [0.15, 0.2) is 12.7 Å². The topological polar surface area (TPSA) is 29.3 Å². The third-order valence-corrected chi connectivity index (χ3v) is 4.02. The van der Waals surface area contributed by atoms with Crippen molar-refractivity contribution >= 4 is 0 Å². The van der Waals surface area contributed by atoms with Gasteiger partial charge < -0.3 is 5.73 Å². The van der Waals surface area contributed by atoms with E-state index in [1.807, 2.05) is 6.08 Å². The summed E-state index contributed by atoms with van der Waals surface area (Å²) in [6, 6.07) is 0. The molecule has 2 heteroatoms. The molecule has 0 bridgehead atoms. The van der Waals surface area contributed by atoms with Crippen molar-refractivity contribution in [3.8, 4) is 0 Å². The quantitative estimate of drug-likeness (QED) is 0.673. The van der Waals surface area contributed by atoms with Gasteiger partial charge in [0, 0.05) is 12.1 Å². The highest BCUT2D eigenvalue weighted by Gasteiger charge is 2.25. The summed E-state index contributed by atoms with van der Waals surface area (Å²) in [5.74, 6) is 0.725. The molecule has 0 saturated heterocycles. The van der Waals surface area contributed by atoms with Crippen molar-refractivity contribution in [2.75, 3.05) is 19.6 Å². The minimum Gasteiger partial charge on any atom is -0.330 e. The Bertz CT molecular complexity index is 245. The molecule has 0 rings (SSSR count). The lowest BCUT2D eigenvalue weighted by atomic mass is 9.76. The summed E-state index contributed by atoms with van der Waals surface area (Å²) < 4.78 is 0. The summed E-state index contributed by atoms with van der Waals surface area (Å²) in [4.78, 5) is 2.50. The van der Waals surface area contributed by atoms with Gasteiger partial charge in [0.2, 0.25) is 0 Å². The first kappa shape index (κ1) is 18.7. The van der Waals surface area contributed by atoms with Crippen molar-refractivity contribution in [1.82, 2.24) is 4.90 Å². The maximum Gasteiger partial charge on any atom is 0.0165 e. The summed E-state index contributed by atoms with van der Waals surface area (Å²) in [7, 11) is 0. The summed E-state index contributed by atoms with van der Waals surface area (Å²) in [5.41, 5.74) is 6.34. The van der Waals surface area contributed by atoms with Crippen molar-refractivity contribution in [2.45, 2.75) is 66.3 Å². The van der Waals surface area contributed by atoms with Crippen LogP contribution in [0.3, 0.4) is 0 Å². The predicted molar refractivity (Wildman–Crippen MR) is 87.4 cm³/mol. The van der Waals surface area contributed by atoms with E-state index in [0.717, 1.165) is 32.0 Å². The Morgan fingerprint density at radius 2 is 1.68 bits per heavy atom. The Balaban J connectivity index is 4.33. The van der Waals surface area contributed by atoms with Crippen molar-refractivity contribution in [3.63, 3.8) is 0 Å². The van der Waals surface area contributed by atoms with Crippen molar-refractivity contribution in [2.24, 2.45) is 17.1 Å². The van der Waals surface area contributed by atoms with E-state index < -0.39 is 0 Å². The van der Waals surface area contributed by atoms with Crippen LogP contribution in [0.5, 0.6) is 0 Å². The zero-order valence-corrected chi connectivity index (χ0v) is 14.1. The van der Waals surface area contributed by atoms with E-state index >= 15 is 0 Å². The van der Waals surface area contributed by atoms with Crippen LogP contribution in [0.4, 0.5) is 0 Å². The smallest absolute Gasteiger partial charge is 0.0165 e. The predicted octanol–water partition coefficient (Wildman–Crippen LogP) is 4.06. The maximum atomic E-state index is 5.75. The lowest BCUT2D eigenvalue weighted by Gasteiger charge is -2.36. The fourth-order valence-electron chi connectivity index (χ4n) is 2.60. The van der Waals surface area contributed by atoms with E-state index in [1.54, 1.807) is 0 Å². The van der Waals surface area contributed by atoms with Crippen molar-refractivity contribution in [3.05, 3.63) is 12.7 Å². The van der Waals surface area contributed by atoms with Gasteiger partial charge in [0.25, 0.3) is 0 Å². The monoisotopic (exact) mass is 268 g/mol. The SMILES string of the molecule is C=CCN(CCCC(CCN)C(C)(C)C)C(C)(C)C. The molecular weight excluding hydrogens is 232 g/mol. The number of nitrogens with two attached hydrogens (primary N) is 1. The normalized spacial score (nSPS) is 14.7. The number of rotatable bonds is 8. The van der Waals surface area contributed by atoms with Crippen LogP contribution in [0.25, 0.3) is 0 Å². The molecule has 0 aromatic heterocycles. The van der Waals surface area contributed by atoms with E-state index in [4.69, 9.17) is 5.73 Å². The van der Waals surface area contributed by atoms with E-state index in [0.29, 0.717) is 5.41 Å². The standard InChI is InChI=1S/C17H36N2/c1-8-13-19(17(5,6)7)14-9-10-15(11-12-18)16(2,3)4/h8,15H,1,9-14,18H2,2-7H3. The van der Waals surface area contributed by atoms with Gasteiger partial charge in [-0.1, -0.05) is 26.8 Å². The summed E-state index contributed by atoms with van der Waals surface area (Å²) in [6.07, 6.45) is 5.66. The second-order valence-corrected chi connectivity index (χ2v) is 7.69. The van der Waals surface area contributed by atoms with Gasteiger partial charge in [-0.25, -0.2) is 0 Å². The molecule has 19 heavy (non-hydrogen) atoms. The van der Waals surface area contributed by atoms with Crippen LogP contribution < -0.4 is 5.73 Å². The van der Waals surface area contributed by atoms with Gasteiger partial charge in [-0.3, -0.25) is 4.90 Å².